The number of alkyl halides is 3. The van der Waals surface area contributed by atoms with E-state index in [0.717, 1.165) is 0 Å². The summed E-state index contributed by atoms with van der Waals surface area (Å²) in [5.41, 5.74) is 5.21. The van der Waals surface area contributed by atoms with E-state index in [1.54, 1.807) is 0 Å². The summed E-state index contributed by atoms with van der Waals surface area (Å²) in [5.74, 6) is 0.181. The van der Waals surface area contributed by atoms with Crippen molar-refractivity contribution in [2.45, 2.75) is 32.9 Å². The third-order valence-electron chi connectivity index (χ3n) is 3.18. The predicted molar refractivity (Wildman–Crippen MR) is 59.5 cm³/mol. The second-order valence-corrected chi connectivity index (χ2v) is 4.65. The highest BCUT2D eigenvalue weighted by Gasteiger charge is 2.31. The molecule has 0 fully saturated rings. The van der Waals surface area contributed by atoms with Gasteiger partial charge in [-0.3, -0.25) is 0 Å². The SMILES string of the molecule is CC(C)C(CN)(CO)CCCOCC(F)(F)F. The molecular weight excluding hydrogens is 235 g/mol. The third kappa shape index (κ3) is 6.24. The molecule has 6 heteroatoms. The van der Waals surface area contributed by atoms with E-state index >= 15 is 0 Å². The van der Waals surface area contributed by atoms with Crippen molar-refractivity contribution in [3.05, 3.63) is 0 Å². The number of hydrogen-bond acceptors (Lipinski definition) is 3. The zero-order chi connectivity index (χ0) is 13.5. The fourth-order valence-corrected chi connectivity index (χ4v) is 1.67. The first-order chi connectivity index (χ1) is 7.77. The Morgan fingerprint density at radius 3 is 2.24 bits per heavy atom. The zero-order valence-corrected chi connectivity index (χ0v) is 10.4. The Bertz CT molecular complexity index is 203. The van der Waals surface area contributed by atoms with E-state index in [9.17, 15) is 18.3 Å². The number of halogens is 3. The molecule has 0 aliphatic heterocycles. The lowest BCUT2D eigenvalue weighted by Gasteiger charge is -2.34. The van der Waals surface area contributed by atoms with Crippen molar-refractivity contribution in [1.82, 2.24) is 0 Å². The summed E-state index contributed by atoms with van der Waals surface area (Å²) in [7, 11) is 0. The van der Waals surface area contributed by atoms with Gasteiger partial charge in [-0.25, -0.2) is 0 Å². The fourth-order valence-electron chi connectivity index (χ4n) is 1.67. The highest BCUT2D eigenvalue weighted by Crippen LogP contribution is 2.31. The molecule has 0 spiro atoms. The van der Waals surface area contributed by atoms with Crippen molar-refractivity contribution in [3.8, 4) is 0 Å². The Morgan fingerprint density at radius 2 is 1.88 bits per heavy atom. The molecule has 0 aromatic rings. The first-order valence-electron chi connectivity index (χ1n) is 5.73. The highest BCUT2D eigenvalue weighted by molar-refractivity contribution is 4.82. The van der Waals surface area contributed by atoms with Gasteiger partial charge >= 0.3 is 6.18 Å². The molecule has 0 radical (unpaired) electrons. The van der Waals surface area contributed by atoms with Crippen LogP contribution >= 0.6 is 0 Å². The van der Waals surface area contributed by atoms with Crippen molar-refractivity contribution < 1.29 is 23.0 Å². The van der Waals surface area contributed by atoms with Gasteiger partial charge in [-0.1, -0.05) is 13.8 Å². The molecule has 0 aliphatic rings. The molecule has 0 aromatic heterocycles. The summed E-state index contributed by atoms with van der Waals surface area (Å²) in [6.07, 6.45) is -3.25. The first-order valence-corrected chi connectivity index (χ1v) is 5.73. The Labute approximate surface area is 100 Å². The van der Waals surface area contributed by atoms with Gasteiger partial charge in [-0.05, 0) is 18.8 Å². The molecule has 3 nitrogen and oxygen atoms in total. The van der Waals surface area contributed by atoms with Crippen molar-refractivity contribution in [1.29, 1.82) is 0 Å². The van der Waals surface area contributed by atoms with E-state index in [2.05, 4.69) is 4.74 Å². The van der Waals surface area contributed by atoms with Gasteiger partial charge in [0.2, 0.25) is 0 Å². The molecule has 0 aromatic carbocycles. The summed E-state index contributed by atoms with van der Waals surface area (Å²) in [5, 5.41) is 9.33. The maximum Gasteiger partial charge on any atom is 0.411 e. The standard InChI is InChI=1S/C11H22F3NO2/c1-9(2)10(6-15,7-16)4-3-5-17-8-11(12,13)14/h9,16H,3-8,15H2,1-2H3. The quantitative estimate of drug-likeness (QED) is 0.653. The summed E-state index contributed by atoms with van der Waals surface area (Å²) in [6, 6.07) is 0. The number of ether oxygens (including phenoxy) is 1. The minimum Gasteiger partial charge on any atom is -0.396 e. The zero-order valence-electron chi connectivity index (χ0n) is 10.4. The molecule has 0 heterocycles. The van der Waals surface area contributed by atoms with Gasteiger partial charge in [0.1, 0.15) is 6.61 Å². The van der Waals surface area contributed by atoms with Crippen LogP contribution in [0.5, 0.6) is 0 Å². The van der Waals surface area contributed by atoms with Gasteiger partial charge in [0, 0.05) is 18.6 Å². The maximum atomic E-state index is 11.8. The summed E-state index contributed by atoms with van der Waals surface area (Å²) in [6.45, 7) is 2.97. The topological polar surface area (TPSA) is 55.5 Å². The van der Waals surface area contributed by atoms with Crippen molar-refractivity contribution >= 4 is 0 Å². The Kier molecular flexibility index (Phi) is 7.04. The lowest BCUT2D eigenvalue weighted by molar-refractivity contribution is -0.174. The van der Waals surface area contributed by atoms with Crippen LogP contribution in [-0.2, 0) is 4.74 Å². The fraction of sp³-hybridized carbons (Fsp3) is 1.00. The lowest BCUT2D eigenvalue weighted by atomic mass is 9.74. The van der Waals surface area contributed by atoms with Crippen LogP contribution in [0.15, 0.2) is 0 Å². The number of aliphatic hydroxyl groups is 1. The molecule has 1 atom stereocenters. The first kappa shape index (κ1) is 16.7. The Morgan fingerprint density at radius 1 is 1.29 bits per heavy atom. The molecule has 17 heavy (non-hydrogen) atoms. The number of rotatable bonds is 8. The maximum absolute atomic E-state index is 11.8. The van der Waals surface area contributed by atoms with Crippen LogP contribution in [0.1, 0.15) is 26.7 Å². The Hall–Kier alpha value is -0.330. The summed E-state index contributed by atoms with van der Waals surface area (Å²) >= 11 is 0. The van der Waals surface area contributed by atoms with Crippen molar-refractivity contribution in [2.24, 2.45) is 17.1 Å². The molecule has 104 valence electrons. The summed E-state index contributed by atoms with van der Waals surface area (Å²) < 4.78 is 39.9. The van der Waals surface area contributed by atoms with E-state index in [-0.39, 0.29) is 19.1 Å². The molecule has 0 saturated carbocycles. The average molecular weight is 257 g/mol. The van der Waals surface area contributed by atoms with Crippen LogP contribution in [0.2, 0.25) is 0 Å². The van der Waals surface area contributed by atoms with Crippen LogP contribution in [-0.4, -0.2) is 37.6 Å². The summed E-state index contributed by atoms with van der Waals surface area (Å²) in [4.78, 5) is 0. The molecular formula is C11H22F3NO2. The molecule has 0 rings (SSSR count). The Balaban J connectivity index is 3.92. The van der Waals surface area contributed by atoms with E-state index in [0.29, 0.717) is 19.4 Å². The van der Waals surface area contributed by atoms with Gasteiger partial charge in [-0.2, -0.15) is 13.2 Å². The van der Waals surface area contributed by atoms with E-state index in [4.69, 9.17) is 5.73 Å². The van der Waals surface area contributed by atoms with Crippen LogP contribution in [0.4, 0.5) is 13.2 Å². The third-order valence-corrected chi connectivity index (χ3v) is 3.18. The van der Waals surface area contributed by atoms with Gasteiger partial charge in [0.25, 0.3) is 0 Å². The second-order valence-electron chi connectivity index (χ2n) is 4.65. The monoisotopic (exact) mass is 257 g/mol. The largest absolute Gasteiger partial charge is 0.411 e. The molecule has 0 aliphatic carbocycles. The van der Waals surface area contributed by atoms with Crippen LogP contribution in [0, 0.1) is 11.3 Å². The van der Waals surface area contributed by atoms with Crippen LogP contribution in [0.25, 0.3) is 0 Å². The van der Waals surface area contributed by atoms with Gasteiger partial charge < -0.3 is 15.6 Å². The van der Waals surface area contributed by atoms with E-state index < -0.39 is 18.2 Å². The number of nitrogens with two attached hydrogens (primary N) is 1. The number of hydrogen-bond donors (Lipinski definition) is 2. The van der Waals surface area contributed by atoms with Gasteiger partial charge in [-0.15, -0.1) is 0 Å². The van der Waals surface area contributed by atoms with Gasteiger partial charge in [0.15, 0.2) is 0 Å². The average Bonchev–Trinajstić information content (AvgIpc) is 2.22. The van der Waals surface area contributed by atoms with Crippen LogP contribution < -0.4 is 5.73 Å². The molecule has 0 saturated heterocycles. The molecule has 0 amide bonds. The number of aliphatic hydroxyl groups excluding tert-OH is 1. The van der Waals surface area contributed by atoms with Crippen LogP contribution in [0.3, 0.4) is 0 Å². The normalized spacial score (nSPS) is 16.2. The molecule has 3 N–H and O–H groups in total. The predicted octanol–water partition coefficient (Wildman–Crippen LogP) is 1.94. The second kappa shape index (κ2) is 7.18. The molecule has 0 bridgehead atoms. The lowest BCUT2D eigenvalue weighted by Crippen LogP contribution is -2.39. The van der Waals surface area contributed by atoms with E-state index in [1.165, 1.54) is 0 Å². The molecule has 1 unspecified atom stereocenters. The van der Waals surface area contributed by atoms with Crippen molar-refractivity contribution in [3.63, 3.8) is 0 Å². The van der Waals surface area contributed by atoms with Gasteiger partial charge in [0.05, 0.1) is 6.61 Å². The minimum absolute atomic E-state index is 0.0357. The highest BCUT2D eigenvalue weighted by atomic mass is 19.4. The smallest absolute Gasteiger partial charge is 0.396 e. The van der Waals surface area contributed by atoms with E-state index in [1.807, 2.05) is 13.8 Å². The van der Waals surface area contributed by atoms with Crippen molar-refractivity contribution in [2.75, 3.05) is 26.4 Å². The minimum atomic E-state index is -4.28.